The Labute approximate surface area is 102 Å². The summed E-state index contributed by atoms with van der Waals surface area (Å²) in [7, 11) is -2.84. The quantitative estimate of drug-likeness (QED) is 0.729. The van der Waals surface area contributed by atoms with Crippen LogP contribution in [-0.2, 0) is 14.6 Å². The fraction of sp³-hybridized carbons (Fsp3) is 0.909. The molecule has 1 atom stereocenters. The molecular weight excluding hydrogens is 240 g/mol. The van der Waals surface area contributed by atoms with Gasteiger partial charge in [-0.05, 0) is 38.3 Å². The van der Waals surface area contributed by atoms with Crippen molar-refractivity contribution in [3.8, 4) is 0 Å². The van der Waals surface area contributed by atoms with Crippen molar-refractivity contribution in [3.05, 3.63) is 0 Å². The van der Waals surface area contributed by atoms with Crippen LogP contribution in [0.3, 0.4) is 0 Å². The molecule has 2 rings (SSSR count). The number of carbonyl (C=O) groups excluding carboxylic acids is 1. The van der Waals surface area contributed by atoms with E-state index in [2.05, 4.69) is 10.6 Å². The highest BCUT2D eigenvalue weighted by Gasteiger charge is 2.25. The lowest BCUT2D eigenvalue weighted by Crippen LogP contribution is -2.41. The van der Waals surface area contributed by atoms with Crippen LogP contribution in [0.5, 0.6) is 0 Å². The Morgan fingerprint density at radius 2 is 1.94 bits per heavy atom. The summed E-state index contributed by atoms with van der Waals surface area (Å²) < 4.78 is 22.5. The van der Waals surface area contributed by atoms with Gasteiger partial charge in [0, 0.05) is 12.5 Å². The molecule has 17 heavy (non-hydrogen) atoms. The SMILES string of the molecule is O=C(CC1CCNC1)NC1CCS(=O)(=O)CC1. The molecule has 1 amide bonds. The van der Waals surface area contributed by atoms with Crippen molar-refractivity contribution < 1.29 is 13.2 Å². The molecule has 2 aliphatic rings. The Kier molecular flexibility index (Phi) is 4.04. The number of sulfone groups is 1. The van der Waals surface area contributed by atoms with Crippen LogP contribution in [0.25, 0.3) is 0 Å². The maximum absolute atomic E-state index is 11.7. The van der Waals surface area contributed by atoms with Gasteiger partial charge in [-0.25, -0.2) is 8.42 Å². The number of nitrogens with one attached hydrogen (secondary N) is 2. The van der Waals surface area contributed by atoms with Crippen molar-refractivity contribution in [2.75, 3.05) is 24.6 Å². The van der Waals surface area contributed by atoms with Gasteiger partial charge in [0.15, 0.2) is 0 Å². The van der Waals surface area contributed by atoms with Gasteiger partial charge in [-0.15, -0.1) is 0 Å². The van der Waals surface area contributed by atoms with Crippen LogP contribution in [0, 0.1) is 5.92 Å². The first-order valence-corrected chi connectivity index (χ1v) is 8.08. The molecule has 0 aromatic heterocycles. The average Bonchev–Trinajstić information content (AvgIpc) is 2.74. The molecule has 6 heteroatoms. The van der Waals surface area contributed by atoms with Crippen molar-refractivity contribution in [1.29, 1.82) is 0 Å². The van der Waals surface area contributed by atoms with E-state index in [9.17, 15) is 13.2 Å². The van der Waals surface area contributed by atoms with E-state index in [-0.39, 0.29) is 23.5 Å². The Bertz CT molecular complexity index is 360. The van der Waals surface area contributed by atoms with Crippen LogP contribution in [-0.4, -0.2) is 45.0 Å². The normalized spacial score (nSPS) is 29.1. The third-order valence-corrected chi connectivity index (χ3v) is 5.27. The Morgan fingerprint density at radius 3 is 2.53 bits per heavy atom. The standard InChI is InChI=1S/C11H20N2O3S/c14-11(7-9-1-4-12-8-9)13-10-2-5-17(15,16)6-3-10/h9-10,12H,1-8H2,(H,13,14). The third kappa shape index (κ3) is 3.96. The van der Waals surface area contributed by atoms with Crippen molar-refractivity contribution >= 4 is 15.7 Å². The lowest BCUT2D eigenvalue weighted by atomic mass is 10.0. The summed E-state index contributed by atoms with van der Waals surface area (Å²) in [4.78, 5) is 11.7. The number of carbonyl (C=O) groups is 1. The molecular formula is C11H20N2O3S. The minimum Gasteiger partial charge on any atom is -0.353 e. The number of hydrogen-bond acceptors (Lipinski definition) is 4. The molecule has 0 bridgehead atoms. The molecule has 2 heterocycles. The highest BCUT2D eigenvalue weighted by atomic mass is 32.2. The molecule has 2 aliphatic heterocycles. The van der Waals surface area contributed by atoms with Crippen molar-refractivity contribution in [1.82, 2.24) is 10.6 Å². The second-order valence-electron chi connectivity index (χ2n) is 5.06. The first kappa shape index (κ1) is 12.8. The molecule has 98 valence electrons. The van der Waals surface area contributed by atoms with E-state index in [1.807, 2.05) is 0 Å². The Balaban J connectivity index is 1.72. The summed E-state index contributed by atoms with van der Waals surface area (Å²) in [6.07, 6.45) is 2.76. The maximum Gasteiger partial charge on any atom is 0.220 e. The summed E-state index contributed by atoms with van der Waals surface area (Å²) in [6.45, 7) is 1.92. The summed E-state index contributed by atoms with van der Waals surface area (Å²) in [5.41, 5.74) is 0. The lowest BCUT2D eigenvalue weighted by Gasteiger charge is -2.23. The molecule has 1 unspecified atom stereocenters. The Hall–Kier alpha value is -0.620. The lowest BCUT2D eigenvalue weighted by molar-refractivity contribution is -0.122. The van der Waals surface area contributed by atoms with Crippen LogP contribution in [0.2, 0.25) is 0 Å². The van der Waals surface area contributed by atoms with Crippen LogP contribution >= 0.6 is 0 Å². The van der Waals surface area contributed by atoms with Gasteiger partial charge in [0.1, 0.15) is 9.84 Å². The summed E-state index contributed by atoms with van der Waals surface area (Å²) >= 11 is 0. The molecule has 0 spiro atoms. The predicted molar refractivity (Wildman–Crippen MR) is 65.4 cm³/mol. The maximum atomic E-state index is 11.7. The van der Waals surface area contributed by atoms with Gasteiger partial charge in [-0.3, -0.25) is 4.79 Å². The fourth-order valence-electron chi connectivity index (χ4n) is 2.47. The van der Waals surface area contributed by atoms with Crippen LogP contribution in [0.4, 0.5) is 0 Å². The smallest absolute Gasteiger partial charge is 0.220 e. The zero-order valence-corrected chi connectivity index (χ0v) is 10.8. The molecule has 0 radical (unpaired) electrons. The zero-order chi connectivity index (χ0) is 12.3. The second kappa shape index (κ2) is 5.35. The molecule has 0 aromatic rings. The summed E-state index contributed by atoms with van der Waals surface area (Å²) in [5, 5.41) is 6.19. The van der Waals surface area contributed by atoms with Gasteiger partial charge in [0.2, 0.25) is 5.91 Å². The predicted octanol–water partition coefficient (Wildman–Crippen LogP) is -0.321. The number of hydrogen-bond donors (Lipinski definition) is 2. The van der Waals surface area contributed by atoms with Crippen LogP contribution < -0.4 is 10.6 Å². The fourth-order valence-corrected chi connectivity index (χ4v) is 3.96. The molecule has 2 fully saturated rings. The van der Waals surface area contributed by atoms with Gasteiger partial charge >= 0.3 is 0 Å². The first-order chi connectivity index (χ1) is 8.05. The van der Waals surface area contributed by atoms with E-state index < -0.39 is 9.84 Å². The van der Waals surface area contributed by atoms with E-state index >= 15 is 0 Å². The van der Waals surface area contributed by atoms with Gasteiger partial charge in [-0.2, -0.15) is 0 Å². The monoisotopic (exact) mass is 260 g/mol. The van der Waals surface area contributed by atoms with Gasteiger partial charge < -0.3 is 10.6 Å². The van der Waals surface area contributed by atoms with Crippen LogP contribution in [0.1, 0.15) is 25.7 Å². The largest absolute Gasteiger partial charge is 0.353 e. The summed E-state index contributed by atoms with van der Waals surface area (Å²) in [5.74, 6) is 0.941. The van der Waals surface area contributed by atoms with E-state index in [1.165, 1.54) is 0 Å². The molecule has 0 aromatic carbocycles. The van der Waals surface area contributed by atoms with E-state index in [4.69, 9.17) is 0 Å². The molecule has 0 saturated carbocycles. The van der Waals surface area contributed by atoms with E-state index in [0.29, 0.717) is 25.2 Å². The second-order valence-corrected chi connectivity index (χ2v) is 7.36. The highest BCUT2D eigenvalue weighted by Crippen LogP contribution is 2.15. The van der Waals surface area contributed by atoms with Crippen molar-refractivity contribution in [2.24, 2.45) is 5.92 Å². The van der Waals surface area contributed by atoms with E-state index in [0.717, 1.165) is 19.5 Å². The van der Waals surface area contributed by atoms with Crippen molar-refractivity contribution in [2.45, 2.75) is 31.7 Å². The number of rotatable bonds is 3. The topological polar surface area (TPSA) is 75.3 Å². The molecule has 5 nitrogen and oxygen atoms in total. The molecule has 2 saturated heterocycles. The summed E-state index contributed by atoms with van der Waals surface area (Å²) in [6, 6.07) is 0.0559. The van der Waals surface area contributed by atoms with Gasteiger partial charge in [0.25, 0.3) is 0 Å². The average molecular weight is 260 g/mol. The Morgan fingerprint density at radius 1 is 1.24 bits per heavy atom. The van der Waals surface area contributed by atoms with Crippen LogP contribution in [0.15, 0.2) is 0 Å². The zero-order valence-electron chi connectivity index (χ0n) is 9.94. The third-order valence-electron chi connectivity index (χ3n) is 3.56. The van der Waals surface area contributed by atoms with E-state index in [1.54, 1.807) is 0 Å². The minimum atomic E-state index is -2.84. The highest BCUT2D eigenvalue weighted by molar-refractivity contribution is 7.91. The minimum absolute atomic E-state index is 0.0559. The van der Waals surface area contributed by atoms with Gasteiger partial charge in [-0.1, -0.05) is 0 Å². The molecule has 2 N–H and O–H groups in total. The van der Waals surface area contributed by atoms with Crippen molar-refractivity contribution in [3.63, 3.8) is 0 Å². The van der Waals surface area contributed by atoms with Gasteiger partial charge in [0.05, 0.1) is 11.5 Å². The first-order valence-electron chi connectivity index (χ1n) is 6.26. The molecule has 0 aliphatic carbocycles. The number of amides is 1.